The third kappa shape index (κ3) is 3.02. The quantitative estimate of drug-likeness (QED) is 0.713. The average molecular weight is 407 g/mol. The van der Waals surface area contributed by atoms with E-state index in [1.54, 1.807) is 6.08 Å². The van der Waals surface area contributed by atoms with E-state index >= 15 is 0 Å². The second kappa shape index (κ2) is 7.34. The summed E-state index contributed by atoms with van der Waals surface area (Å²) in [4.78, 5) is 26.5. The first-order valence-corrected chi connectivity index (χ1v) is 11.7. The number of hydrogen-bond donors (Lipinski definition) is 1. The minimum Gasteiger partial charge on any atom is -0.353 e. The summed E-state index contributed by atoms with van der Waals surface area (Å²) < 4.78 is 0. The molecule has 1 aliphatic heterocycles. The number of alkyl halides is 1. The van der Waals surface area contributed by atoms with Gasteiger partial charge >= 0.3 is 0 Å². The molecule has 4 rings (SSSR count). The normalized spacial score (nSPS) is 44.6. The minimum atomic E-state index is 0.0919. The molecule has 156 valence electrons. The van der Waals surface area contributed by atoms with E-state index in [9.17, 15) is 9.59 Å². The summed E-state index contributed by atoms with van der Waals surface area (Å²) in [7, 11) is 1.98. The molecule has 0 spiro atoms. The van der Waals surface area contributed by atoms with E-state index in [-0.39, 0.29) is 22.6 Å². The number of rotatable bonds is 4. The fourth-order valence-electron chi connectivity index (χ4n) is 7.47. The van der Waals surface area contributed by atoms with Gasteiger partial charge in [-0.25, -0.2) is 0 Å². The minimum absolute atomic E-state index is 0.0919. The van der Waals surface area contributed by atoms with Gasteiger partial charge in [0.2, 0.25) is 11.8 Å². The maximum Gasteiger partial charge on any atom is 0.246 e. The number of nitrogens with zero attached hydrogens (tertiary/aromatic N) is 1. The van der Waals surface area contributed by atoms with Gasteiger partial charge in [0, 0.05) is 36.8 Å². The van der Waals surface area contributed by atoms with Crippen LogP contribution < -0.4 is 5.32 Å². The molecular weight excluding hydrogens is 372 g/mol. The molecule has 0 aromatic rings. The lowest BCUT2D eigenvalue weighted by molar-refractivity contribution is -0.138. The molecule has 3 saturated carbocycles. The van der Waals surface area contributed by atoms with Crippen LogP contribution in [0.4, 0.5) is 0 Å². The van der Waals surface area contributed by atoms with Crippen molar-refractivity contribution >= 4 is 23.4 Å². The molecule has 3 aliphatic carbocycles. The Hall–Kier alpha value is -1.03. The van der Waals surface area contributed by atoms with E-state index < -0.39 is 0 Å². The number of amides is 2. The van der Waals surface area contributed by atoms with Gasteiger partial charge in [-0.3, -0.25) is 9.59 Å². The van der Waals surface area contributed by atoms with Crippen molar-refractivity contribution in [2.24, 2.45) is 28.6 Å². The highest BCUT2D eigenvalue weighted by atomic mass is 35.5. The van der Waals surface area contributed by atoms with Crippen LogP contribution in [-0.4, -0.2) is 41.7 Å². The lowest BCUT2D eigenvalue weighted by atomic mass is 9.48. The van der Waals surface area contributed by atoms with Crippen molar-refractivity contribution in [3.8, 4) is 0 Å². The van der Waals surface area contributed by atoms with Crippen molar-refractivity contribution in [1.82, 2.24) is 10.2 Å². The van der Waals surface area contributed by atoms with E-state index in [1.165, 1.54) is 25.7 Å². The van der Waals surface area contributed by atoms with Crippen LogP contribution in [0.3, 0.4) is 0 Å². The number of carbonyl (C=O) groups is 2. The van der Waals surface area contributed by atoms with Crippen LogP contribution in [0.1, 0.15) is 65.2 Å². The molecule has 0 aromatic heterocycles. The molecule has 1 N–H and O–H groups in total. The zero-order valence-electron chi connectivity index (χ0n) is 17.5. The third-order valence-electron chi connectivity index (χ3n) is 9.00. The average Bonchev–Trinajstić information content (AvgIpc) is 3.00. The van der Waals surface area contributed by atoms with Crippen LogP contribution in [0.25, 0.3) is 0 Å². The molecule has 5 heteroatoms. The molecule has 0 unspecified atom stereocenters. The summed E-state index contributed by atoms with van der Waals surface area (Å²) in [5.74, 6) is 2.89. The number of nitrogens with one attached hydrogen (secondary N) is 1. The van der Waals surface area contributed by atoms with Gasteiger partial charge in [0.15, 0.2) is 0 Å². The second-order valence-electron chi connectivity index (χ2n) is 10.2. The number of hydrogen-bond acceptors (Lipinski definition) is 2. The Morgan fingerprint density at radius 3 is 2.75 bits per heavy atom. The number of carbonyl (C=O) groups excluding carboxylic acids is 2. The van der Waals surface area contributed by atoms with E-state index in [1.807, 2.05) is 11.9 Å². The largest absolute Gasteiger partial charge is 0.353 e. The molecule has 4 nitrogen and oxygen atoms in total. The molecule has 1 heterocycles. The SMILES string of the molecule is CN1C(=O)C=C[C@]2(C)[C@H]3CC[C@]4(C)[C@@H](NC(=O)CCCCl)CC[C@H]4[C@@H]3CC[C@@H]12. The van der Waals surface area contributed by atoms with E-state index in [0.29, 0.717) is 42.1 Å². The Morgan fingerprint density at radius 2 is 2.00 bits per heavy atom. The van der Waals surface area contributed by atoms with Crippen molar-refractivity contribution in [2.75, 3.05) is 12.9 Å². The summed E-state index contributed by atoms with van der Waals surface area (Å²) in [5.41, 5.74) is 0.301. The predicted molar refractivity (Wildman–Crippen MR) is 112 cm³/mol. The first kappa shape index (κ1) is 20.3. The van der Waals surface area contributed by atoms with E-state index in [0.717, 1.165) is 19.3 Å². The summed E-state index contributed by atoms with van der Waals surface area (Å²) in [6, 6.07) is 0.640. The Balaban J connectivity index is 1.53. The molecule has 2 amide bonds. The molecule has 0 aromatic carbocycles. The second-order valence-corrected chi connectivity index (χ2v) is 10.5. The molecule has 7 atom stereocenters. The summed E-state index contributed by atoms with van der Waals surface area (Å²) in [5, 5.41) is 3.36. The fourth-order valence-corrected chi connectivity index (χ4v) is 7.60. The highest BCUT2D eigenvalue weighted by Gasteiger charge is 2.60. The van der Waals surface area contributed by atoms with E-state index in [4.69, 9.17) is 11.6 Å². The van der Waals surface area contributed by atoms with Crippen molar-refractivity contribution in [3.05, 3.63) is 12.2 Å². The zero-order chi connectivity index (χ0) is 20.1. The molecule has 0 bridgehead atoms. The number of halogens is 1. The molecule has 4 aliphatic rings. The Kier molecular flexibility index (Phi) is 5.31. The van der Waals surface area contributed by atoms with Crippen molar-refractivity contribution in [1.29, 1.82) is 0 Å². The zero-order valence-corrected chi connectivity index (χ0v) is 18.3. The topological polar surface area (TPSA) is 49.4 Å². The maximum absolute atomic E-state index is 12.3. The predicted octanol–water partition coefficient (Wildman–Crippen LogP) is 4.13. The fraction of sp³-hybridized carbons (Fsp3) is 0.826. The van der Waals surface area contributed by atoms with Gasteiger partial charge in [-0.05, 0) is 74.2 Å². The summed E-state index contributed by atoms with van der Waals surface area (Å²) in [6.07, 6.45) is 12.3. The Bertz CT molecular complexity index is 680. The van der Waals surface area contributed by atoms with Crippen LogP contribution in [0.2, 0.25) is 0 Å². The van der Waals surface area contributed by atoms with Gasteiger partial charge in [0.25, 0.3) is 0 Å². The standard InChI is InChI=1S/C23H35ClN2O2/c1-22-12-10-17-15(6-9-19-23(17,2)13-11-21(28)26(19)3)16(22)7-8-18(22)25-20(27)5-4-14-24/h11,13,15-19H,4-10,12,14H2,1-3H3,(H,25,27)/t15-,16-,17-,18-,19+,22-,23+/m0/s1. The van der Waals surface area contributed by atoms with Crippen LogP contribution in [0.5, 0.6) is 0 Å². The van der Waals surface area contributed by atoms with Crippen LogP contribution in [0, 0.1) is 28.6 Å². The van der Waals surface area contributed by atoms with Crippen LogP contribution in [0.15, 0.2) is 12.2 Å². The maximum atomic E-state index is 12.3. The van der Waals surface area contributed by atoms with Gasteiger partial charge in [-0.2, -0.15) is 0 Å². The molecule has 3 fully saturated rings. The molecule has 28 heavy (non-hydrogen) atoms. The van der Waals surface area contributed by atoms with Gasteiger partial charge in [0.1, 0.15) is 0 Å². The smallest absolute Gasteiger partial charge is 0.246 e. The molecule has 0 radical (unpaired) electrons. The Morgan fingerprint density at radius 1 is 1.21 bits per heavy atom. The first-order chi connectivity index (χ1) is 13.3. The monoisotopic (exact) mass is 406 g/mol. The van der Waals surface area contributed by atoms with Crippen LogP contribution in [-0.2, 0) is 9.59 Å². The van der Waals surface area contributed by atoms with Crippen molar-refractivity contribution in [2.45, 2.75) is 77.3 Å². The van der Waals surface area contributed by atoms with Crippen molar-refractivity contribution in [3.63, 3.8) is 0 Å². The molecular formula is C23H35ClN2O2. The van der Waals surface area contributed by atoms with Crippen LogP contribution >= 0.6 is 11.6 Å². The Labute approximate surface area is 174 Å². The summed E-state index contributed by atoms with van der Waals surface area (Å²) >= 11 is 5.75. The first-order valence-electron chi connectivity index (χ1n) is 11.1. The van der Waals surface area contributed by atoms with Gasteiger partial charge in [0.05, 0.1) is 0 Å². The van der Waals surface area contributed by atoms with Gasteiger partial charge in [-0.15, -0.1) is 11.6 Å². The molecule has 0 saturated heterocycles. The number of likely N-dealkylation sites (N-methyl/N-ethyl adjacent to an activating group) is 1. The highest BCUT2D eigenvalue weighted by Crippen LogP contribution is 2.63. The summed E-state index contributed by atoms with van der Waals surface area (Å²) in [6.45, 7) is 4.81. The van der Waals surface area contributed by atoms with E-state index in [2.05, 4.69) is 25.2 Å². The lowest BCUT2D eigenvalue weighted by Gasteiger charge is -2.60. The lowest BCUT2D eigenvalue weighted by Crippen LogP contribution is -2.60. The van der Waals surface area contributed by atoms with Gasteiger partial charge < -0.3 is 10.2 Å². The van der Waals surface area contributed by atoms with Gasteiger partial charge in [-0.1, -0.05) is 19.9 Å². The van der Waals surface area contributed by atoms with Crippen molar-refractivity contribution < 1.29 is 9.59 Å². The third-order valence-corrected chi connectivity index (χ3v) is 9.27. The highest BCUT2D eigenvalue weighted by molar-refractivity contribution is 6.17. The number of fused-ring (bicyclic) bond motifs is 5.